The first-order valence-corrected chi connectivity index (χ1v) is 9.54. The molecule has 0 radical (unpaired) electrons. The lowest BCUT2D eigenvalue weighted by Crippen LogP contribution is -2.17. The van der Waals surface area contributed by atoms with Crippen molar-refractivity contribution >= 4 is 17.0 Å². The van der Waals surface area contributed by atoms with E-state index >= 15 is 0 Å². The van der Waals surface area contributed by atoms with Gasteiger partial charge in [0.15, 0.2) is 4.90 Å². The van der Waals surface area contributed by atoms with Gasteiger partial charge in [-0.1, -0.05) is 36.9 Å². The summed E-state index contributed by atoms with van der Waals surface area (Å²) in [7, 11) is 0.470. The molecule has 0 N–H and O–H groups in total. The van der Waals surface area contributed by atoms with E-state index in [4.69, 9.17) is 4.74 Å². The van der Waals surface area contributed by atoms with Crippen LogP contribution in [-0.4, -0.2) is 11.5 Å². The summed E-state index contributed by atoms with van der Waals surface area (Å²) in [6.07, 6.45) is 6.07. The first-order valence-electron chi connectivity index (χ1n) is 7.97. The van der Waals surface area contributed by atoms with Crippen molar-refractivity contribution in [2.75, 3.05) is 11.5 Å². The molecule has 1 saturated heterocycles. The Balaban J connectivity index is 1.62. The second-order valence-corrected chi connectivity index (χ2v) is 7.90. The number of ether oxygens (including phenoxy) is 1. The number of hydrogen-bond donors (Lipinski definition) is 0. The van der Waals surface area contributed by atoms with E-state index < -0.39 is 0 Å². The molecule has 1 heterocycles. The molecule has 0 spiro atoms. The molecular weight excluding hydrogens is 288 g/mol. The lowest BCUT2D eigenvalue weighted by molar-refractivity contribution is 0.306. The monoisotopic (exact) mass is 311 g/mol. The predicted molar refractivity (Wildman–Crippen MR) is 96.5 cm³/mol. The SMILES string of the molecule is C=Cc1ccccc1COc1ccc([S+]2CCCCC2)cc1. The predicted octanol–water partition coefficient (Wildman–Crippen LogP) is 5.07. The topological polar surface area (TPSA) is 9.23 Å². The Morgan fingerprint density at radius 2 is 1.68 bits per heavy atom. The Hall–Kier alpha value is -1.67. The van der Waals surface area contributed by atoms with Crippen molar-refractivity contribution < 1.29 is 4.74 Å². The highest BCUT2D eigenvalue weighted by Crippen LogP contribution is 2.24. The van der Waals surface area contributed by atoms with Gasteiger partial charge in [0.25, 0.3) is 0 Å². The second-order valence-electron chi connectivity index (χ2n) is 5.62. The molecule has 22 heavy (non-hydrogen) atoms. The van der Waals surface area contributed by atoms with Gasteiger partial charge in [0.05, 0.1) is 0 Å². The van der Waals surface area contributed by atoms with Gasteiger partial charge in [-0.25, -0.2) is 0 Å². The minimum Gasteiger partial charge on any atom is -0.489 e. The van der Waals surface area contributed by atoms with Gasteiger partial charge in [0.1, 0.15) is 23.9 Å². The summed E-state index contributed by atoms with van der Waals surface area (Å²) in [5.41, 5.74) is 2.32. The van der Waals surface area contributed by atoms with Crippen molar-refractivity contribution in [1.82, 2.24) is 0 Å². The normalized spacial score (nSPS) is 15.5. The van der Waals surface area contributed by atoms with Crippen molar-refractivity contribution in [1.29, 1.82) is 0 Å². The molecule has 1 aliphatic heterocycles. The van der Waals surface area contributed by atoms with Crippen LogP contribution in [0.1, 0.15) is 30.4 Å². The molecule has 1 aliphatic rings. The van der Waals surface area contributed by atoms with Gasteiger partial charge >= 0.3 is 0 Å². The summed E-state index contributed by atoms with van der Waals surface area (Å²) in [6.45, 7) is 4.45. The van der Waals surface area contributed by atoms with Crippen molar-refractivity contribution in [2.45, 2.75) is 30.8 Å². The standard InChI is InChI=1S/C20H23OS/c1-2-17-8-4-5-9-18(17)16-21-19-10-12-20(13-11-19)22-14-6-3-7-15-22/h2,4-5,8-13H,1,3,6-7,14-16H2/q+1. The Morgan fingerprint density at radius 3 is 2.41 bits per heavy atom. The summed E-state index contributed by atoms with van der Waals surface area (Å²) in [5, 5.41) is 0. The van der Waals surface area contributed by atoms with E-state index in [2.05, 4.69) is 43.0 Å². The molecule has 2 heteroatoms. The molecular formula is C20H23OS+. The van der Waals surface area contributed by atoms with Gasteiger partial charge in [-0.3, -0.25) is 0 Å². The molecule has 3 rings (SSSR count). The number of rotatable bonds is 5. The van der Waals surface area contributed by atoms with E-state index in [1.54, 1.807) is 0 Å². The second kappa shape index (κ2) is 7.55. The molecule has 1 nitrogen and oxygen atoms in total. The van der Waals surface area contributed by atoms with Gasteiger partial charge in [-0.15, -0.1) is 0 Å². The van der Waals surface area contributed by atoms with Crippen LogP contribution in [-0.2, 0) is 17.5 Å². The molecule has 0 aliphatic carbocycles. The smallest absolute Gasteiger partial charge is 0.155 e. The van der Waals surface area contributed by atoms with Crippen LogP contribution in [0.25, 0.3) is 6.08 Å². The van der Waals surface area contributed by atoms with Gasteiger partial charge in [0.2, 0.25) is 0 Å². The molecule has 2 aromatic carbocycles. The van der Waals surface area contributed by atoms with Crippen molar-refractivity contribution in [2.24, 2.45) is 0 Å². The number of benzene rings is 2. The van der Waals surface area contributed by atoms with Gasteiger partial charge < -0.3 is 4.74 Å². The average Bonchev–Trinajstić information content (AvgIpc) is 2.61. The molecule has 114 valence electrons. The maximum absolute atomic E-state index is 5.93. The van der Waals surface area contributed by atoms with Gasteiger partial charge in [0, 0.05) is 10.9 Å². The molecule has 0 atom stereocenters. The van der Waals surface area contributed by atoms with Crippen LogP contribution in [0.15, 0.2) is 60.0 Å². The Bertz CT molecular complexity index is 612. The van der Waals surface area contributed by atoms with Crippen LogP contribution < -0.4 is 4.74 Å². The summed E-state index contributed by atoms with van der Waals surface area (Å²) in [5.74, 6) is 3.68. The zero-order valence-electron chi connectivity index (χ0n) is 13.0. The summed E-state index contributed by atoms with van der Waals surface area (Å²) < 4.78 is 5.93. The van der Waals surface area contributed by atoms with Crippen LogP contribution in [0, 0.1) is 0 Å². The molecule has 0 bridgehead atoms. The van der Waals surface area contributed by atoms with Crippen LogP contribution in [0.5, 0.6) is 5.75 Å². The summed E-state index contributed by atoms with van der Waals surface area (Å²) >= 11 is 0. The summed E-state index contributed by atoms with van der Waals surface area (Å²) in [6, 6.07) is 17.0. The molecule has 0 unspecified atom stereocenters. The fourth-order valence-electron chi connectivity index (χ4n) is 2.82. The third kappa shape index (κ3) is 3.75. The highest BCUT2D eigenvalue weighted by atomic mass is 32.2. The van der Waals surface area contributed by atoms with Gasteiger partial charge in [-0.05, 0) is 54.7 Å². The minimum absolute atomic E-state index is 0.470. The quantitative estimate of drug-likeness (QED) is 0.701. The lowest BCUT2D eigenvalue weighted by Gasteiger charge is -2.14. The highest BCUT2D eigenvalue weighted by molar-refractivity contribution is 7.96. The number of hydrogen-bond acceptors (Lipinski definition) is 1. The molecule has 0 saturated carbocycles. The Morgan fingerprint density at radius 1 is 0.955 bits per heavy atom. The fourth-order valence-corrected chi connectivity index (χ4v) is 5.12. The van der Waals surface area contributed by atoms with E-state index in [1.807, 2.05) is 18.2 Å². The molecule has 0 aromatic heterocycles. The van der Waals surface area contributed by atoms with Crippen molar-refractivity contribution in [3.8, 4) is 5.75 Å². The van der Waals surface area contributed by atoms with Crippen molar-refractivity contribution in [3.05, 3.63) is 66.2 Å². The summed E-state index contributed by atoms with van der Waals surface area (Å²) in [4.78, 5) is 1.50. The highest BCUT2D eigenvalue weighted by Gasteiger charge is 2.24. The first-order chi connectivity index (χ1) is 10.9. The average molecular weight is 311 g/mol. The van der Waals surface area contributed by atoms with Crippen LogP contribution in [0.4, 0.5) is 0 Å². The fraction of sp³-hybridized carbons (Fsp3) is 0.300. The van der Waals surface area contributed by atoms with E-state index in [0.29, 0.717) is 17.5 Å². The maximum Gasteiger partial charge on any atom is 0.155 e. The van der Waals surface area contributed by atoms with Crippen LogP contribution >= 0.6 is 0 Å². The molecule has 1 fully saturated rings. The van der Waals surface area contributed by atoms with Crippen molar-refractivity contribution in [3.63, 3.8) is 0 Å². The van der Waals surface area contributed by atoms with E-state index in [9.17, 15) is 0 Å². The first kappa shape index (κ1) is 15.2. The van der Waals surface area contributed by atoms with Gasteiger partial charge in [-0.2, -0.15) is 0 Å². The van der Waals surface area contributed by atoms with Crippen LogP contribution in [0.3, 0.4) is 0 Å². The Labute approximate surface area is 136 Å². The third-order valence-corrected chi connectivity index (χ3v) is 6.61. The zero-order chi connectivity index (χ0) is 15.2. The maximum atomic E-state index is 5.93. The Kier molecular flexibility index (Phi) is 5.23. The largest absolute Gasteiger partial charge is 0.489 e. The van der Waals surface area contributed by atoms with E-state index in [0.717, 1.165) is 11.3 Å². The molecule has 0 amide bonds. The molecule has 2 aromatic rings. The van der Waals surface area contributed by atoms with E-state index in [-0.39, 0.29) is 0 Å². The third-order valence-electron chi connectivity index (χ3n) is 4.11. The van der Waals surface area contributed by atoms with Crippen LogP contribution in [0.2, 0.25) is 0 Å². The zero-order valence-corrected chi connectivity index (χ0v) is 13.8. The minimum atomic E-state index is 0.470. The lowest BCUT2D eigenvalue weighted by atomic mass is 10.1. The van der Waals surface area contributed by atoms with E-state index in [1.165, 1.54) is 41.2 Å².